The molecule has 5 aromatic carbocycles. The van der Waals surface area contributed by atoms with Crippen LogP contribution in [0.1, 0.15) is 64.2 Å². The number of fused-ring (bicyclic) bond motifs is 19. The number of benzene rings is 5. The van der Waals surface area contributed by atoms with Gasteiger partial charge >= 0.3 is 0 Å². The van der Waals surface area contributed by atoms with Crippen LogP contribution in [0.3, 0.4) is 0 Å². The van der Waals surface area contributed by atoms with E-state index in [1.165, 1.54) is 82.7 Å². The molecule has 7 heterocycles. The number of allylic oxidation sites excluding steroid dienone is 1. The van der Waals surface area contributed by atoms with E-state index in [9.17, 15) is 0 Å². The second-order valence-electron chi connectivity index (χ2n) is 18.9. The summed E-state index contributed by atoms with van der Waals surface area (Å²) < 4.78 is 14.2. The van der Waals surface area contributed by atoms with Crippen LogP contribution in [0, 0.1) is 5.41 Å². The zero-order valence-electron chi connectivity index (χ0n) is 34.0. The highest BCUT2D eigenvalue weighted by molar-refractivity contribution is 6.29. The molecule has 0 aliphatic carbocycles. The Morgan fingerprint density at radius 1 is 0.707 bits per heavy atom. The van der Waals surface area contributed by atoms with Crippen LogP contribution in [0.25, 0.3) is 88.2 Å². The summed E-state index contributed by atoms with van der Waals surface area (Å²) in [5.41, 5.74) is 15.6. The summed E-state index contributed by atoms with van der Waals surface area (Å²) in [5, 5.41) is 7.35. The minimum Gasteiger partial charge on any atom is -0.455 e. The number of hydrogen-bond donors (Lipinski definition) is 0. The van der Waals surface area contributed by atoms with Crippen molar-refractivity contribution in [1.82, 2.24) is 4.40 Å². The lowest BCUT2D eigenvalue weighted by Crippen LogP contribution is -2.68. The highest BCUT2D eigenvalue weighted by Crippen LogP contribution is 2.54. The van der Waals surface area contributed by atoms with Crippen molar-refractivity contribution in [3.8, 4) is 22.5 Å². The van der Waals surface area contributed by atoms with Crippen molar-refractivity contribution in [3.63, 3.8) is 0 Å². The van der Waals surface area contributed by atoms with Crippen LogP contribution in [0.5, 0.6) is 0 Å². The largest absolute Gasteiger partial charge is 0.455 e. The lowest BCUT2D eigenvalue weighted by atomic mass is 9.59. The van der Waals surface area contributed by atoms with Gasteiger partial charge in [-0.05, 0) is 97.3 Å². The summed E-state index contributed by atoms with van der Waals surface area (Å²) in [4.78, 5) is 0. The summed E-state index contributed by atoms with van der Waals surface area (Å²) >= 11 is 0. The van der Waals surface area contributed by atoms with Crippen molar-refractivity contribution in [2.24, 2.45) is 5.41 Å². The number of aromatic nitrogens is 3. The second-order valence-corrected chi connectivity index (χ2v) is 18.9. The molecule has 2 atom stereocenters. The number of rotatable bonds is 1. The molecule has 0 N–H and O–H groups in total. The standard InChI is InChI=1S/C54H47N3O/c1-33-31-54(6)53(5,25-23-35-14-7-8-15-36(35)44-19-11-12-26-55(33)44)43-30-47-41(29-42(43)46-28-34(24-27-56(46)54)32-52(2,3)4)38-17-13-18-40-49-45(57(47)50(38)40)22-21-39-37-16-9-10-20-48(37)58-51(39)49/h7-22,24,26-30H,1,23,25,31-32H2,2-6H3/q+2. The topological polar surface area (TPSA) is 25.3 Å². The average molecular weight is 754 g/mol. The van der Waals surface area contributed by atoms with Crippen LogP contribution >= 0.6 is 0 Å². The summed E-state index contributed by atoms with van der Waals surface area (Å²) in [6.45, 7) is 17.0. The molecule has 282 valence electrons. The Balaban J connectivity index is 1.18. The molecule has 0 saturated carbocycles. The molecule has 0 amide bonds. The molecule has 0 bridgehead atoms. The van der Waals surface area contributed by atoms with Gasteiger partial charge in [-0.1, -0.05) is 75.4 Å². The van der Waals surface area contributed by atoms with Gasteiger partial charge in [0.05, 0.1) is 39.3 Å². The minimum atomic E-state index is -0.340. The summed E-state index contributed by atoms with van der Waals surface area (Å²) in [7, 11) is 0. The van der Waals surface area contributed by atoms with E-state index in [1.54, 1.807) is 0 Å². The lowest BCUT2D eigenvalue weighted by molar-refractivity contribution is -0.766. The summed E-state index contributed by atoms with van der Waals surface area (Å²) in [5.74, 6) is 0. The molecule has 2 aliphatic heterocycles. The van der Waals surface area contributed by atoms with Crippen molar-refractivity contribution in [2.75, 3.05) is 0 Å². The first kappa shape index (κ1) is 33.8. The van der Waals surface area contributed by atoms with E-state index >= 15 is 0 Å². The van der Waals surface area contributed by atoms with Gasteiger partial charge in [0.1, 0.15) is 11.2 Å². The molecule has 4 heteroatoms. The van der Waals surface area contributed by atoms with Gasteiger partial charge in [0, 0.05) is 63.7 Å². The fourth-order valence-electron chi connectivity index (χ4n) is 11.4. The number of para-hydroxylation sites is 2. The molecule has 0 fully saturated rings. The molecule has 10 aromatic rings. The third kappa shape index (κ3) is 4.41. The van der Waals surface area contributed by atoms with Crippen LogP contribution in [-0.4, -0.2) is 4.40 Å². The van der Waals surface area contributed by atoms with Gasteiger partial charge in [-0.15, -0.1) is 0 Å². The van der Waals surface area contributed by atoms with Crippen LogP contribution in [0.4, 0.5) is 0 Å². The first-order valence-electron chi connectivity index (χ1n) is 20.9. The highest BCUT2D eigenvalue weighted by Gasteiger charge is 2.59. The molecule has 5 aromatic heterocycles. The van der Waals surface area contributed by atoms with Crippen molar-refractivity contribution >= 4 is 65.7 Å². The molecule has 4 nitrogen and oxygen atoms in total. The number of pyridine rings is 2. The minimum absolute atomic E-state index is 0.163. The van der Waals surface area contributed by atoms with Gasteiger partial charge in [-0.3, -0.25) is 0 Å². The van der Waals surface area contributed by atoms with Crippen LogP contribution in [0.15, 0.2) is 145 Å². The maximum Gasteiger partial charge on any atom is 0.218 e. The van der Waals surface area contributed by atoms with E-state index in [2.05, 4.69) is 182 Å². The van der Waals surface area contributed by atoms with Crippen molar-refractivity contribution in [3.05, 3.63) is 157 Å². The normalized spacial score (nSPS) is 19.5. The third-order valence-electron chi connectivity index (χ3n) is 14.2. The van der Waals surface area contributed by atoms with E-state index in [1.807, 2.05) is 0 Å². The quantitative estimate of drug-likeness (QED) is 0.153. The predicted octanol–water partition coefficient (Wildman–Crippen LogP) is 12.7. The monoisotopic (exact) mass is 753 g/mol. The van der Waals surface area contributed by atoms with E-state index < -0.39 is 0 Å². The molecular weight excluding hydrogens is 707 g/mol. The number of furan rings is 1. The Morgan fingerprint density at radius 3 is 2.38 bits per heavy atom. The SMILES string of the molecule is C=C1CC2(C)[n+]3ccc(CC(C)(C)C)cc3-c3cc4c5cccc6c7c8oc9ccccc9c8ccc7n(c4cc3C2(C)CCc2ccccc2-c2cccc[n+]21)c56. The Labute approximate surface area is 338 Å². The van der Waals surface area contributed by atoms with Gasteiger partial charge in [0.2, 0.25) is 11.4 Å². The van der Waals surface area contributed by atoms with Gasteiger partial charge in [0.25, 0.3) is 0 Å². The zero-order valence-corrected chi connectivity index (χ0v) is 34.0. The van der Waals surface area contributed by atoms with Crippen LogP contribution in [-0.2, 0) is 23.8 Å². The third-order valence-corrected chi connectivity index (χ3v) is 14.2. The first-order valence-corrected chi connectivity index (χ1v) is 20.9. The molecule has 12 rings (SSSR count). The van der Waals surface area contributed by atoms with Crippen LogP contribution < -0.4 is 9.13 Å². The van der Waals surface area contributed by atoms with Crippen molar-refractivity contribution < 1.29 is 13.6 Å². The maximum absolute atomic E-state index is 6.70. The Bertz CT molecular complexity index is 3390. The van der Waals surface area contributed by atoms with E-state index in [0.717, 1.165) is 47.9 Å². The fourth-order valence-corrected chi connectivity index (χ4v) is 11.4. The van der Waals surface area contributed by atoms with E-state index in [0.29, 0.717) is 0 Å². The molecule has 0 saturated heterocycles. The zero-order chi connectivity index (χ0) is 39.3. The number of nitrogens with zero attached hydrogens (tertiary/aromatic N) is 3. The van der Waals surface area contributed by atoms with Crippen molar-refractivity contribution in [1.29, 1.82) is 0 Å². The van der Waals surface area contributed by atoms with Gasteiger partial charge in [-0.2, -0.15) is 9.13 Å². The van der Waals surface area contributed by atoms with Gasteiger partial charge in [-0.25, -0.2) is 0 Å². The Morgan fingerprint density at radius 2 is 1.50 bits per heavy atom. The van der Waals surface area contributed by atoms with Crippen LogP contribution in [0.2, 0.25) is 0 Å². The van der Waals surface area contributed by atoms with E-state index in [4.69, 9.17) is 11.0 Å². The number of hydrogen-bond acceptors (Lipinski definition) is 1. The fraction of sp³-hybridized carbons (Fsp3) is 0.222. The van der Waals surface area contributed by atoms with Gasteiger partial charge in [0.15, 0.2) is 23.6 Å². The molecule has 0 spiro atoms. The van der Waals surface area contributed by atoms with Gasteiger partial charge < -0.3 is 8.82 Å². The molecular formula is C54H47N3O+2. The van der Waals surface area contributed by atoms with Crippen molar-refractivity contribution in [2.45, 2.75) is 71.3 Å². The molecule has 0 radical (unpaired) electrons. The first-order chi connectivity index (χ1) is 28.0. The summed E-state index contributed by atoms with van der Waals surface area (Å²) in [6, 6.07) is 45.5. The Kier molecular flexibility index (Phi) is 6.68. The summed E-state index contributed by atoms with van der Waals surface area (Å²) in [6.07, 6.45) is 8.35. The Hall–Kier alpha value is -6.26. The van der Waals surface area contributed by atoms with E-state index in [-0.39, 0.29) is 16.4 Å². The highest BCUT2D eigenvalue weighted by atomic mass is 16.3. The number of aryl methyl sites for hydroxylation is 1. The molecule has 2 unspecified atom stereocenters. The molecule has 2 aliphatic rings. The molecule has 58 heavy (non-hydrogen) atoms. The smallest absolute Gasteiger partial charge is 0.218 e. The second kappa shape index (κ2) is 11.4. The predicted molar refractivity (Wildman–Crippen MR) is 239 cm³/mol. The average Bonchev–Trinajstić information content (AvgIpc) is 3.88. The maximum atomic E-state index is 6.70. The lowest BCUT2D eigenvalue weighted by Gasteiger charge is -2.47.